The van der Waals surface area contributed by atoms with Crippen LogP contribution in [-0.2, 0) is 4.79 Å². The van der Waals surface area contributed by atoms with Crippen molar-refractivity contribution >= 4 is 11.9 Å². The first-order chi connectivity index (χ1) is 8.75. The van der Waals surface area contributed by atoms with E-state index in [1.165, 1.54) is 13.0 Å². The fraction of sp³-hybridized carbons (Fsp3) is 0.0625. The zero-order valence-corrected chi connectivity index (χ0v) is 10.2. The summed E-state index contributed by atoms with van der Waals surface area (Å²) in [7, 11) is 0. The average molecular weight is 238 g/mol. The first-order valence-electron chi connectivity index (χ1n) is 5.76. The van der Waals surface area contributed by atoms with Crippen LogP contribution in [0.4, 0.5) is 0 Å². The number of carbonyl (C=O) groups is 1. The predicted octanol–water partition coefficient (Wildman–Crippen LogP) is 4.08. The van der Waals surface area contributed by atoms with Crippen molar-refractivity contribution in [3.05, 3.63) is 66.2 Å². The van der Waals surface area contributed by atoms with Gasteiger partial charge in [-0.15, -0.1) is 0 Å². The summed E-state index contributed by atoms with van der Waals surface area (Å²) in [5.41, 5.74) is 0.886. The molecule has 0 aliphatic carbocycles. The Morgan fingerprint density at radius 2 is 1.67 bits per heavy atom. The van der Waals surface area contributed by atoms with E-state index >= 15 is 0 Å². The number of para-hydroxylation sites is 2. The molecule has 0 aliphatic rings. The van der Waals surface area contributed by atoms with Crippen LogP contribution in [0.15, 0.2) is 60.7 Å². The zero-order valence-electron chi connectivity index (χ0n) is 10.2. The topological polar surface area (TPSA) is 26.3 Å². The molecule has 2 aromatic rings. The minimum Gasteiger partial charge on any atom is -0.457 e. The third-order valence-electron chi connectivity index (χ3n) is 2.39. The van der Waals surface area contributed by atoms with Gasteiger partial charge >= 0.3 is 0 Å². The molecule has 0 radical (unpaired) electrons. The second-order valence-corrected chi connectivity index (χ2v) is 3.90. The molecule has 2 heteroatoms. The Kier molecular flexibility index (Phi) is 3.92. The summed E-state index contributed by atoms with van der Waals surface area (Å²) < 4.78 is 5.78. The molecule has 90 valence electrons. The number of ether oxygens (including phenoxy) is 1. The van der Waals surface area contributed by atoms with Gasteiger partial charge in [-0.05, 0) is 37.3 Å². The number of hydrogen-bond donors (Lipinski definition) is 0. The van der Waals surface area contributed by atoms with Gasteiger partial charge in [0.2, 0.25) is 0 Å². The van der Waals surface area contributed by atoms with Crippen LogP contribution in [0, 0.1) is 0 Å². The highest BCUT2D eigenvalue weighted by Gasteiger charge is 2.01. The number of rotatable bonds is 4. The largest absolute Gasteiger partial charge is 0.457 e. The van der Waals surface area contributed by atoms with Crippen LogP contribution in [-0.4, -0.2) is 5.78 Å². The van der Waals surface area contributed by atoms with Gasteiger partial charge in [0.1, 0.15) is 11.5 Å². The maximum absolute atomic E-state index is 11.0. The summed E-state index contributed by atoms with van der Waals surface area (Å²) in [6, 6.07) is 17.2. The Morgan fingerprint density at radius 3 is 2.39 bits per heavy atom. The third-order valence-corrected chi connectivity index (χ3v) is 2.39. The smallest absolute Gasteiger partial charge is 0.152 e. The van der Waals surface area contributed by atoms with Crippen LogP contribution in [0.2, 0.25) is 0 Å². The summed E-state index contributed by atoms with van der Waals surface area (Å²) in [6.07, 6.45) is 3.30. The predicted molar refractivity (Wildman–Crippen MR) is 72.7 cm³/mol. The van der Waals surface area contributed by atoms with Crippen molar-refractivity contribution in [2.75, 3.05) is 0 Å². The van der Waals surface area contributed by atoms with Gasteiger partial charge < -0.3 is 4.74 Å². The number of ketones is 1. The number of hydrogen-bond acceptors (Lipinski definition) is 2. The molecule has 0 bridgehead atoms. The minimum atomic E-state index is 0.0181. The van der Waals surface area contributed by atoms with Crippen molar-refractivity contribution in [3.63, 3.8) is 0 Å². The first-order valence-corrected chi connectivity index (χ1v) is 5.76. The molecule has 2 nitrogen and oxygen atoms in total. The zero-order chi connectivity index (χ0) is 12.8. The molecule has 0 spiro atoms. The second-order valence-electron chi connectivity index (χ2n) is 3.90. The molecule has 0 saturated carbocycles. The molecule has 0 aromatic heterocycles. The Balaban J connectivity index is 2.25. The van der Waals surface area contributed by atoms with Crippen molar-refractivity contribution in [2.45, 2.75) is 6.92 Å². The molecule has 0 unspecified atom stereocenters. The van der Waals surface area contributed by atoms with E-state index in [4.69, 9.17) is 4.74 Å². The van der Waals surface area contributed by atoms with E-state index in [0.29, 0.717) is 0 Å². The Bertz CT molecular complexity index is 556. The van der Waals surface area contributed by atoms with E-state index in [2.05, 4.69) is 0 Å². The van der Waals surface area contributed by atoms with Gasteiger partial charge in [-0.1, -0.05) is 36.4 Å². The average Bonchev–Trinajstić information content (AvgIpc) is 2.39. The van der Waals surface area contributed by atoms with Crippen molar-refractivity contribution in [2.24, 2.45) is 0 Å². The Labute approximate surface area is 107 Å². The monoisotopic (exact) mass is 238 g/mol. The lowest BCUT2D eigenvalue weighted by Gasteiger charge is -2.08. The highest BCUT2D eigenvalue weighted by molar-refractivity contribution is 5.91. The molecule has 2 aromatic carbocycles. The van der Waals surface area contributed by atoms with E-state index in [9.17, 15) is 4.79 Å². The maximum Gasteiger partial charge on any atom is 0.152 e. The van der Waals surface area contributed by atoms with Crippen LogP contribution >= 0.6 is 0 Å². The van der Waals surface area contributed by atoms with Gasteiger partial charge in [-0.25, -0.2) is 0 Å². The van der Waals surface area contributed by atoms with E-state index in [-0.39, 0.29) is 5.78 Å². The van der Waals surface area contributed by atoms with Crippen LogP contribution in [0.3, 0.4) is 0 Å². The molecule has 2 rings (SSSR count). The van der Waals surface area contributed by atoms with Gasteiger partial charge in [0.25, 0.3) is 0 Å². The van der Waals surface area contributed by atoms with Gasteiger partial charge in [-0.2, -0.15) is 0 Å². The summed E-state index contributed by atoms with van der Waals surface area (Å²) in [6.45, 7) is 1.52. The highest BCUT2D eigenvalue weighted by atomic mass is 16.5. The summed E-state index contributed by atoms with van der Waals surface area (Å²) in [5.74, 6) is 1.53. The second kappa shape index (κ2) is 5.82. The van der Waals surface area contributed by atoms with Gasteiger partial charge in [-0.3, -0.25) is 4.79 Å². The fourth-order valence-electron chi connectivity index (χ4n) is 1.53. The molecule has 0 atom stereocenters. The quantitative estimate of drug-likeness (QED) is 0.750. The van der Waals surface area contributed by atoms with Crippen LogP contribution in [0.5, 0.6) is 11.5 Å². The Morgan fingerprint density at radius 1 is 1.00 bits per heavy atom. The molecule has 0 heterocycles. The number of carbonyl (C=O) groups excluding carboxylic acids is 1. The van der Waals surface area contributed by atoms with Gasteiger partial charge in [0.05, 0.1) is 0 Å². The molecule has 0 aliphatic heterocycles. The number of allylic oxidation sites excluding steroid dienone is 1. The molecular formula is C16H14O2. The van der Waals surface area contributed by atoms with E-state index in [1.54, 1.807) is 6.08 Å². The number of benzene rings is 2. The fourth-order valence-corrected chi connectivity index (χ4v) is 1.53. The van der Waals surface area contributed by atoms with Crippen LogP contribution in [0.1, 0.15) is 12.5 Å². The van der Waals surface area contributed by atoms with Crippen molar-refractivity contribution in [1.82, 2.24) is 0 Å². The van der Waals surface area contributed by atoms with Crippen molar-refractivity contribution in [1.29, 1.82) is 0 Å². The summed E-state index contributed by atoms with van der Waals surface area (Å²) >= 11 is 0. The lowest BCUT2D eigenvalue weighted by atomic mass is 10.1. The Hall–Kier alpha value is -2.35. The molecule has 0 amide bonds. The summed E-state index contributed by atoms with van der Waals surface area (Å²) in [5, 5.41) is 0. The van der Waals surface area contributed by atoms with E-state index in [0.717, 1.165) is 17.1 Å². The van der Waals surface area contributed by atoms with E-state index in [1.807, 2.05) is 54.6 Å². The highest BCUT2D eigenvalue weighted by Crippen LogP contribution is 2.25. The maximum atomic E-state index is 11.0. The molecular weight excluding hydrogens is 224 g/mol. The minimum absolute atomic E-state index is 0.0181. The van der Waals surface area contributed by atoms with Crippen LogP contribution < -0.4 is 4.74 Å². The standard InChI is InChI=1S/C16H14O2/c1-13(17)11-12-14-7-5-6-10-16(14)18-15-8-3-2-4-9-15/h2-12H,1H3. The van der Waals surface area contributed by atoms with Gasteiger partial charge in [0.15, 0.2) is 5.78 Å². The first kappa shape index (κ1) is 12.1. The SMILES string of the molecule is CC(=O)C=Cc1ccccc1Oc1ccccc1. The van der Waals surface area contributed by atoms with Crippen LogP contribution in [0.25, 0.3) is 6.08 Å². The van der Waals surface area contributed by atoms with Gasteiger partial charge in [0, 0.05) is 5.56 Å². The molecule has 18 heavy (non-hydrogen) atoms. The lowest BCUT2D eigenvalue weighted by molar-refractivity contribution is -0.112. The molecule has 0 fully saturated rings. The summed E-state index contributed by atoms with van der Waals surface area (Å²) in [4.78, 5) is 11.0. The molecule has 0 saturated heterocycles. The normalized spacial score (nSPS) is 10.5. The third kappa shape index (κ3) is 3.32. The van der Waals surface area contributed by atoms with Crippen molar-refractivity contribution in [3.8, 4) is 11.5 Å². The lowest BCUT2D eigenvalue weighted by Crippen LogP contribution is -1.87. The van der Waals surface area contributed by atoms with Crippen molar-refractivity contribution < 1.29 is 9.53 Å². The van der Waals surface area contributed by atoms with E-state index < -0.39 is 0 Å². The molecule has 0 N–H and O–H groups in total.